The molecule has 0 spiro atoms. The first-order valence-electron chi connectivity index (χ1n) is 4.77. The first-order chi connectivity index (χ1) is 7.63. The van der Waals surface area contributed by atoms with E-state index in [0.29, 0.717) is 0 Å². The third-order valence-electron chi connectivity index (χ3n) is 1.64. The van der Waals surface area contributed by atoms with Crippen molar-refractivity contribution in [3.63, 3.8) is 0 Å². The Morgan fingerprint density at radius 1 is 1.25 bits per heavy atom. The Balaban J connectivity index is 4.05. The van der Waals surface area contributed by atoms with Crippen LogP contribution in [-0.4, -0.2) is 42.9 Å². The third-order valence-corrected chi connectivity index (χ3v) is 1.64. The van der Waals surface area contributed by atoms with Crippen LogP contribution in [0.1, 0.15) is 13.3 Å². The normalized spacial score (nSPS) is 9.25. The van der Waals surface area contributed by atoms with E-state index in [1.807, 2.05) is 12.1 Å². The maximum absolute atomic E-state index is 11.3. The zero-order chi connectivity index (χ0) is 12.4. The highest BCUT2D eigenvalue weighted by molar-refractivity contribution is 5.96. The first-order valence-corrected chi connectivity index (χ1v) is 4.77. The average Bonchev–Trinajstić information content (AvgIpc) is 2.18. The van der Waals surface area contributed by atoms with Crippen LogP contribution in [0.25, 0.3) is 0 Å². The number of rotatable bonds is 7. The molecule has 0 radical (unpaired) electrons. The highest BCUT2D eigenvalue weighted by atomic mass is 16.5. The lowest BCUT2D eigenvalue weighted by Crippen LogP contribution is -2.31. The number of Topliss-reactive ketones (excluding diaryl/α,β-unsaturated/α-hetero) is 1. The minimum absolute atomic E-state index is 0.0118. The molecule has 0 aromatic carbocycles. The Labute approximate surface area is 94.0 Å². The zero-order valence-electron chi connectivity index (χ0n) is 9.10. The molecule has 6 heteroatoms. The van der Waals surface area contributed by atoms with E-state index >= 15 is 0 Å². The Bertz CT molecular complexity index is 311. The largest absolute Gasteiger partial charge is 0.466 e. The standard InChI is InChI=1S/C10H13N3O3/c1-2-16-10(15)7-9(14)8-13(5-3-11)6-4-12/h2,5-8H2,1H3. The monoisotopic (exact) mass is 223 g/mol. The van der Waals surface area contributed by atoms with Gasteiger partial charge in [0.25, 0.3) is 0 Å². The van der Waals surface area contributed by atoms with Gasteiger partial charge in [0.1, 0.15) is 6.42 Å². The summed E-state index contributed by atoms with van der Waals surface area (Å²) in [5, 5.41) is 16.9. The topological polar surface area (TPSA) is 94.2 Å². The van der Waals surface area contributed by atoms with Gasteiger partial charge in [-0.2, -0.15) is 10.5 Å². The molecule has 0 atom stereocenters. The van der Waals surface area contributed by atoms with E-state index in [4.69, 9.17) is 10.5 Å². The highest BCUT2D eigenvalue weighted by Gasteiger charge is 2.14. The van der Waals surface area contributed by atoms with Crippen molar-refractivity contribution >= 4 is 11.8 Å². The fourth-order valence-electron chi connectivity index (χ4n) is 1.05. The molecule has 0 amide bonds. The van der Waals surface area contributed by atoms with E-state index in [1.54, 1.807) is 6.92 Å². The van der Waals surface area contributed by atoms with Crippen LogP contribution in [0.2, 0.25) is 0 Å². The molecule has 16 heavy (non-hydrogen) atoms. The van der Waals surface area contributed by atoms with E-state index in [9.17, 15) is 9.59 Å². The summed E-state index contributed by atoms with van der Waals surface area (Å²) in [6.07, 6.45) is -0.318. The van der Waals surface area contributed by atoms with E-state index < -0.39 is 5.97 Å². The van der Waals surface area contributed by atoms with E-state index in [1.165, 1.54) is 4.90 Å². The molecule has 0 bridgehead atoms. The van der Waals surface area contributed by atoms with E-state index in [-0.39, 0.29) is 38.4 Å². The molecule has 0 aliphatic carbocycles. The second-order valence-electron chi connectivity index (χ2n) is 2.98. The molecule has 0 aromatic rings. The van der Waals surface area contributed by atoms with Gasteiger partial charge in [-0.3, -0.25) is 14.5 Å². The summed E-state index contributed by atoms with van der Waals surface area (Å²) in [6.45, 7) is 1.77. The fraction of sp³-hybridized carbons (Fsp3) is 0.600. The maximum Gasteiger partial charge on any atom is 0.313 e. The van der Waals surface area contributed by atoms with Gasteiger partial charge in [-0.15, -0.1) is 0 Å². The summed E-state index contributed by atoms with van der Waals surface area (Å²) in [5.41, 5.74) is 0. The second-order valence-corrected chi connectivity index (χ2v) is 2.98. The van der Waals surface area contributed by atoms with Crippen molar-refractivity contribution in [1.82, 2.24) is 4.90 Å². The summed E-state index contributed by atoms with van der Waals surface area (Å²) >= 11 is 0. The number of esters is 1. The number of carbonyl (C=O) groups is 2. The second kappa shape index (κ2) is 8.39. The molecule has 6 nitrogen and oxygen atoms in total. The quantitative estimate of drug-likeness (QED) is 0.338. The van der Waals surface area contributed by atoms with Crippen LogP contribution in [0.5, 0.6) is 0 Å². The fourth-order valence-corrected chi connectivity index (χ4v) is 1.05. The average molecular weight is 223 g/mol. The molecule has 0 saturated carbocycles. The van der Waals surface area contributed by atoms with Crippen molar-refractivity contribution in [3.05, 3.63) is 0 Å². The van der Waals surface area contributed by atoms with Gasteiger partial charge < -0.3 is 4.74 Å². The summed E-state index contributed by atoms with van der Waals surface area (Å²) < 4.78 is 4.61. The maximum atomic E-state index is 11.3. The Morgan fingerprint density at radius 2 is 1.81 bits per heavy atom. The van der Waals surface area contributed by atoms with Crippen molar-refractivity contribution in [2.75, 3.05) is 26.2 Å². The number of carbonyl (C=O) groups excluding carboxylic acids is 2. The van der Waals surface area contributed by atoms with Crippen LogP contribution in [0.4, 0.5) is 0 Å². The molecular formula is C10H13N3O3. The summed E-state index contributed by atoms with van der Waals surface area (Å²) in [6, 6.07) is 3.69. The Hall–Kier alpha value is -1.92. The van der Waals surface area contributed by atoms with Crippen molar-refractivity contribution in [1.29, 1.82) is 10.5 Å². The number of hydrogen-bond donors (Lipinski definition) is 0. The Kier molecular flexibility index (Phi) is 7.39. The molecule has 0 N–H and O–H groups in total. The molecular weight excluding hydrogens is 210 g/mol. The van der Waals surface area contributed by atoms with Crippen LogP contribution < -0.4 is 0 Å². The lowest BCUT2D eigenvalue weighted by Gasteiger charge is -2.13. The highest BCUT2D eigenvalue weighted by Crippen LogP contribution is 1.93. The van der Waals surface area contributed by atoms with E-state index in [0.717, 1.165) is 0 Å². The van der Waals surface area contributed by atoms with Crippen LogP contribution in [0.3, 0.4) is 0 Å². The van der Waals surface area contributed by atoms with Crippen LogP contribution >= 0.6 is 0 Å². The lowest BCUT2D eigenvalue weighted by molar-refractivity contribution is -0.145. The van der Waals surface area contributed by atoms with Gasteiger partial charge >= 0.3 is 5.97 Å². The number of nitriles is 2. The van der Waals surface area contributed by atoms with Crippen molar-refractivity contribution < 1.29 is 14.3 Å². The van der Waals surface area contributed by atoms with Gasteiger partial charge in [-0.25, -0.2) is 0 Å². The predicted molar refractivity (Wildman–Crippen MR) is 53.9 cm³/mol. The van der Waals surface area contributed by atoms with E-state index in [2.05, 4.69) is 4.74 Å². The van der Waals surface area contributed by atoms with Gasteiger partial charge in [0.15, 0.2) is 5.78 Å². The smallest absolute Gasteiger partial charge is 0.313 e. The molecule has 0 saturated heterocycles. The minimum atomic E-state index is -0.582. The van der Waals surface area contributed by atoms with Crippen LogP contribution in [-0.2, 0) is 14.3 Å². The Morgan fingerprint density at radius 3 is 2.25 bits per heavy atom. The summed E-state index contributed by atoms with van der Waals surface area (Å²) in [5.74, 6) is -0.940. The molecule has 0 unspecified atom stereocenters. The molecule has 0 aliphatic heterocycles. The predicted octanol–water partition coefficient (Wildman–Crippen LogP) is -0.142. The molecule has 0 rings (SSSR count). The molecule has 0 aromatic heterocycles. The number of ether oxygens (including phenoxy) is 1. The molecule has 0 aliphatic rings. The van der Waals surface area contributed by atoms with Gasteiger partial charge in [0, 0.05) is 0 Å². The lowest BCUT2D eigenvalue weighted by atomic mass is 10.2. The van der Waals surface area contributed by atoms with Crippen LogP contribution in [0, 0.1) is 22.7 Å². The van der Waals surface area contributed by atoms with Crippen molar-refractivity contribution in [2.24, 2.45) is 0 Å². The van der Waals surface area contributed by atoms with Gasteiger partial charge in [-0.05, 0) is 6.92 Å². The minimum Gasteiger partial charge on any atom is -0.466 e. The van der Waals surface area contributed by atoms with Gasteiger partial charge in [0.05, 0.1) is 38.4 Å². The number of nitrogens with zero attached hydrogens (tertiary/aromatic N) is 3. The number of hydrogen-bond acceptors (Lipinski definition) is 6. The molecule has 0 heterocycles. The third kappa shape index (κ3) is 6.52. The zero-order valence-corrected chi connectivity index (χ0v) is 9.10. The summed E-state index contributed by atoms with van der Waals surface area (Å²) in [4.78, 5) is 23.6. The van der Waals surface area contributed by atoms with Crippen molar-refractivity contribution in [2.45, 2.75) is 13.3 Å². The first kappa shape index (κ1) is 14.1. The van der Waals surface area contributed by atoms with Gasteiger partial charge in [0.2, 0.25) is 0 Å². The molecule has 86 valence electrons. The number of ketones is 1. The van der Waals surface area contributed by atoms with Gasteiger partial charge in [-0.1, -0.05) is 0 Å². The molecule has 0 fully saturated rings. The van der Waals surface area contributed by atoms with Crippen molar-refractivity contribution in [3.8, 4) is 12.1 Å². The van der Waals surface area contributed by atoms with Crippen LogP contribution in [0.15, 0.2) is 0 Å². The SMILES string of the molecule is CCOC(=O)CC(=O)CN(CC#N)CC#N. The summed E-state index contributed by atoms with van der Waals surface area (Å²) in [7, 11) is 0.